The highest BCUT2D eigenvalue weighted by molar-refractivity contribution is 5.10. The number of nitrogens with two attached hydrogens (primary N) is 1. The van der Waals surface area contributed by atoms with E-state index in [1.807, 2.05) is 0 Å². The molecular weight excluding hydrogens is 136 g/mol. The third-order valence-corrected chi connectivity index (χ3v) is 2.14. The van der Waals surface area contributed by atoms with E-state index in [1.165, 1.54) is 19.4 Å². The Hall–Kier alpha value is -0.520. The van der Waals surface area contributed by atoms with Crippen LogP contribution in [0, 0.1) is 11.8 Å². The van der Waals surface area contributed by atoms with Crippen LogP contribution < -0.4 is 5.73 Å². The van der Waals surface area contributed by atoms with Crippen LogP contribution in [0.15, 0.2) is 0 Å². The van der Waals surface area contributed by atoms with Crippen LogP contribution in [0.3, 0.4) is 0 Å². The van der Waals surface area contributed by atoms with Crippen LogP contribution in [-0.4, -0.2) is 30.6 Å². The second kappa shape index (κ2) is 4.38. The fourth-order valence-electron chi connectivity index (χ4n) is 1.54. The van der Waals surface area contributed by atoms with Gasteiger partial charge < -0.3 is 5.73 Å². The lowest BCUT2D eigenvalue weighted by atomic mass is 10.2. The van der Waals surface area contributed by atoms with Crippen molar-refractivity contribution in [1.82, 2.24) is 4.90 Å². The van der Waals surface area contributed by atoms with Crippen molar-refractivity contribution in [3.8, 4) is 11.8 Å². The van der Waals surface area contributed by atoms with E-state index in [1.54, 1.807) is 0 Å². The molecule has 2 nitrogen and oxygen atoms in total. The number of rotatable bonds is 1. The minimum Gasteiger partial charge on any atom is -0.320 e. The summed E-state index contributed by atoms with van der Waals surface area (Å²) in [6.07, 6.45) is 2.51. The van der Waals surface area contributed by atoms with Crippen molar-refractivity contribution in [2.45, 2.75) is 25.8 Å². The minimum absolute atomic E-state index is 0.489. The summed E-state index contributed by atoms with van der Waals surface area (Å²) >= 11 is 0. The molecule has 1 aliphatic heterocycles. The predicted octanol–water partition coefficient (Wildman–Crippen LogP) is 0.433. The van der Waals surface area contributed by atoms with Gasteiger partial charge in [-0.2, -0.15) is 0 Å². The van der Waals surface area contributed by atoms with Crippen LogP contribution >= 0.6 is 0 Å². The van der Waals surface area contributed by atoms with Crippen molar-refractivity contribution in [1.29, 1.82) is 0 Å². The van der Waals surface area contributed by atoms with Gasteiger partial charge in [0.05, 0.1) is 12.6 Å². The van der Waals surface area contributed by atoms with E-state index < -0.39 is 0 Å². The molecule has 1 fully saturated rings. The Kier molecular flexibility index (Phi) is 3.41. The second-order valence-electron chi connectivity index (χ2n) is 2.81. The molecule has 0 aromatic carbocycles. The van der Waals surface area contributed by atoms with Gasteiger partial charge in [-0.25, -0.2) is 0 Å². The molecule has 0 aromatic rings. The molecule has 1 atom stereocenters. The summed E-state index contributed by atoms with van der Waals surface area (Å²) in [5.74, 6) is 6.12. The van der Waals surface area contributed by atoms with Gasteiger partial charge in [0.1, 0.15) is 0 Å². The van der Waals surface area contributed by atoms with E-state index in [-0.39, 0.29) is 0 Å². The third-order valence-electron chi connectivity index (χ3n) is 2.14. The van der Waals surface area contributed by atoms with Gasteiger partial charge >= 0.3 is 0 Å². The van der Waals surface area contributed by atoms with Crippen LogP contribution in [0.25, 0.3) is 0 Å². The number of hydrogen-bond acceptors (Lipinski definition) is 2. The van der Waals surface area contributed by atoms with Crippen LogP contribution in [0.4, 0.5) is 0 Å². The number of nitrogens with zero attached hydrogens (tertiary/aromatic N) is 1. The maximum atomic E-state index is 5.30. The smallest absolute Gasteiger partial charge is 0.0715 e. The first-order valence-electron chi connectivity index (χ1n) is 4.31. The SMILES string of the molecule is CCN1CCCC1C#CCN. The van der Waals surface area contributed by atoms with Gasteiger partial charge in [-0.05, 0) is 25.9 Å². The quantitative estimate of drug-likeness (QED) is 0.552. The standard InChI is InChI=1S/C9H16N2/c1-2-11-8-4-6-9(11)5-3-7-10/h9H,2,4,6-8,10H2,1H3. The lowest BCUT2D eigenvalue weighted by Gasteiger charge is -2.16. The molecule has 0 saturated carbocycles. The molecule has 1 saturated heterocycles. The van der Waals surface area contributed by atoms with Gasteiger partial charge in [0.15, 0.2) is 0 Å². The fourth-order valence-corrected chi connectivity index (χ4v) is 1.54. The van der Waals surface area contributed by atoms with Crippen molar-refractivity contribution in [2.75, 3.05) is 19.6 Å². The molecule has 0 bridgehead atoms. The molecule has 0 aromatic heterocycles. The summed E-state index contributed by atoms with van der Waals surface area (Å²) in [6.45, 7) is 5.00. The molecule has 0 spiro atoms. The van der Waals surface area contributed by atoms with E-state index in [9.17, 15) is 0 Å². The third kappa shape index (κ3) is 2.21. The summed E-state index contributed by atoms with van der Waals surface area (Å²) in [5, 5.41) is 0. The van der Waals surface area contributed by atoms with Crippen LogP contribution in [0.5, 0.6) is 0 Å². The molecular formula is C9H16N2. The highest BCUT2D eigenvalue weighted by Gasteiger charge is 2.20. The fraction of sp³-hybridized carbons (Fsp3) is 0.778. The van der Waals surface area contributed by atoms with Crippen molar-refractivity contribution in [3.05, 3.63) is 0 Å². The molecule has 0 aliphatic carbocycles. The van der Waals surface area contributed by atoms with Gasteiger partial charge in [-0.15, -0.1) is 0 Å². The largest absolute Gasteiger partial charge is 0.320 e. The molecule has 2 N–H and O–H groups in total. The Labute approximate surface area is 68.8 Å². The molecule has 0 amide bonds. The Balaban J connectivity index is 2.43. The lowest BCUT2D eigenvalue weighted by molar-refractivity contribution is 0.313. The molecule has 11 heavy (non-hydrogen) atoms. The molecule has 1 heterocycles. The summed E-state index contributed by atoms with van der Waals surface area (Å²) in [6, 6.07) is 0.489. The molecule has 0 radical (unpaired) electrons. The summed E-state index contributed by atoms with van der Waals surface area (Å²) in [7, 11) is 0. The first-order chi connectivity index (χ1) is 5.38. The Morgan fingerprint density at radius 2 is 2.45 bits per heavy atom. The van der Waals surface area contributed by atoms with Gasteiger partial charge in [0.2, 0.25) is 0 Å². The zero-order valence-corrected chi connectivity index (χ0v) is 7.14. The van der Waals surface area contributed by atoms with Crippen molar-refractivity contribution >= 4 is 0 Å². The van der Waals surface area contributed by atoms with E-state index in [2.05, 4.69) is 23.7 Å². The average molecular weight is 152 g/mol. The van der Waals surface area contributed by atoms with Crippen LogP contribution in [0.1, 0.15) is 19.8 Å². The monoisotopic (exact) mass is 152 g/mol. The van der Waals surface area contributed by atoms with Crippen LogP contribution in [-0.2, 0) is 0 Å². The van der Waals surface area contributed by atoms with Gasteiger partial charge in [0.25, 0.3) is 0 Å². The van der Waals surface area contributed by atoms with E-state index in [0.29, 0.717) is 12.6 Å². The second-order valence-corrected chi connectivity index (χ2v) is 2.81. The maximum absolute atomic E-state index is 5.30. The Morgan fingerprint density at radius 3 is 3.09 bits per heavy atom. The predicted molar refractivity (Wildman–Crippen MR) is 47.1 cm³/mol. The van der Waals surface area contributed by atoms with Gasteiger partial charge in [0, 0.05) is 0 Å². The van der Waals surface area contributed by atoms with Gasteiger partial charge in [-0.3, -0.25) is 4.90 Å². The highest BCUT2D eigenvalue weighted by Crippen LogP contribution is 2.14. The summed E-state index contributed by atoms with van der Waals surface area (Å²) < 4.78 is 0. The molecule has 2 heteroatoms. The first kappa shape index (κ1) is 8.58. The van der Waals surface area contributed by atoms with E-state index in [4.69, 9.17) is 5.73 Å². The summed E-state index contributed by atoms with van der Waals surface area (Å²) in [5.41, 5.74) is 5.30. The van der Waals surface area contributed by atoms with Crippen molar-refractivity contribution < 1.29 is 0 Å². The first-order valence-corrected chi connectivity index (χ1v) is 4.31. The molecule has 1 unspecified atom stereocenters. The molecule has 1 aliphatic rings. The number of hydrogen-bond donors (Lipinski definition) is 1. The van der Waals surface area contributed by atoms with E-state index in [0.717, 1.165) is 6.54 Å². The van der Waals surface area contributed by atoms with Crippen LogP contribution in [0.2, 0.25) is 0 Å². The van der Waals surface area contributed by atoms with Crippen molar-refractivity contribution in [3.63, 3.8) is 0 Å². The Morgan fingerprint density at radius 1 is 1.64 bits per heavy atom. The Bertz CT molecular complexity index is 166. The van der Waals surface area contributed by atoms with Gasteiger partial charge in [-0.1, -0.05) is 18.8 Å². The maximum Gasteiger partial charge on any atom is 0.0715 e. The van der Waals surface area contributed by atoms with E-state index >= 15 is 0 Å². The normalized spacial score (nSPS) is 24.7. The zero-order valence-electron chi connectivity index (χ0n) is 7.14. The van der Waals surface area contributed by atoms with Crippen molar-refractivity contribution in [2.24, 2.45) is 5.73 Å². The zero-order chi connectivity index (χ0) is 8.10. The topological polar surface area (TPSA) is 29.3 Å². The minimum atomic E-state index is 0.489. The molecule has 1 rings (SSSR count). The lowest BCUT2D eigenvalue weighted by Crippen LogP contribution is -2.27. The highest BCUT2D eigenvalue weighted by atomic mass is 15.2. The average Bonchev–Trinajstić information content (AvgIpc) is 2.47. The molecule has 62 valence electrons. The number of likely N-dealkylation sites (tertiary alicyclic amines) is 1. The summed E-state index contributed by atoms with van der Waals surface area (Å²) in [4.78, 5) is 2.41.